The lowest BCUT2D eigenvalue weighted by molar-refractivity contribution is 0.346. The molecule has 0 aromatic carbocycles. The Morgan fingerprint density at radius 2 is 2.38 bits per heavy atom. The Balaban J connectivity index is 1.73. The summed E-state index contributed by atoms with van der Waals surface area (Å²) >= 11 is 0. The molecular formula is C11H18N2. The molecule has 1 N–H and O–H groups in total. The maximum atomic E-state index is 8.65. The van der Waals surface area contributed by atoms with Gasteiger partial charge in [0.1, 0.15) is 0 Å². The highest BCUT2D eigenvalue weighted by Crippen LogP contribution is 2.49. The molecule has 0 amide bonds. The Labute approximate surface area is 80.3 Å². The van der Waals surface area contributed by atoms with Crippen molar-refractivity contribution in [1.29, 1.82) is 5.26 Å². The van der Waals surface area contributed by atoms with Gasteiger partial charge in [-0.15, -0.1) is 0 Å². The van der Waals surface area contributed by atoms with Gasteiger partial charge < -0.3 is 5.32 Å². The van der Waals surface area contributed by atoms with Crippen molar-refractivity contribution in [3.63, 3.8) is 0 Å². The largest absolute Gasteiger partial charge is 0.312 e. The van der Waals surface area contributed by atoms with Crippen molar-refractivity contribution >= 4 is 0 Å². The summed E-state index contributed by atoms with van der Waals surface area (Å²) in [6.45, 7) is 2.87. The van der Waals surface area contributed by atoms with E-state index in [1.165, 1.54) is 25.7 Å². The Bertz CT molecular complexity index is 219. The summed E-state index contributed by atoms with van der Waals surface area (Å²) in [4.78, 5) is 0. The number of rotatable bonds is 3. The summed E-state index contributed by atoms with van der Waals surface area (Å²) in [6.07, 6.45) is 5.62. The molecule has 72 valence electrons. The quantitative estimate of drug-likeness (QED) is 0.716. The highest BCUT2D eigenvalue weighted by molar-refractivity contribution is 4.98. The van der Waals surface area contributed by atoms with Crippen LogP contribution in [-0.2, 0) is 0 Å². The number of hydrogen-bond acceptors (Lipinski definition) is 2. The molecule has 2 nitrogen and oxygen atoms in total. The van der Waals surface area contributed by atoms with Crippen LogP contribution in [0, 0.1) is 29.1 Å². The molecule has 2 fully saturated rings. The van der Waals surface area contributed by atoms with Crippen LogP contribution in [0.15, 0.2) is 0 Å². The first-order valence-corrected chi connectivity index (χ1v) is 5.44. The Kier molecular flexibility index (Phi) is 2.55. The fraction of sp³-hybridized carbons (Fsp3) is 0.909. The third-order valence-corrected chi connectivity index (χ3v) is 3.49. The van der Waals surface area contributed by atoms with Gasteiger partial charge in [0.2, 0.25) is 0 Å². The van der Waals surface area contributed by atoms with E-state index < -0.39 is 0 Å². The van der Waals surface area contributed by atoms with E-state index in [9.17, 15) is 0 Å². The second-order valence-electron chi connectivity index (χ2n) is 4.64. The standard InChI is InChI=1S/C11H18N2/c1-8(6-12)7-13-11-4-2-3-9-5-10(9)11/h8-11,13H,2-5,7H2,1H3/t8?,9-,10+,11?/m1/s1. The van der Waals surface area contributed by atoms with Crippen LogP contribution in [0.2, 0.25) is 0 Å². The van der Waals surface area contributed by atoms with Crippen molar-refractivity contribution in [2.75, 3.05) is 6.54 Å². The van der Waals surface area contributed by atoms with Crippen molar-refractivity contribution in [2.45, 2.75) is 38.6 Å². The van der Waals surface area contributed by atoms with Crippen molar-refractivity contribution in [3.05, 3.63) is 0 Å². The summed E-state index contributed by atoms with van der Waals surface area (Å²) in [5.74, 6) is 2.16. The van der Waals surface area contributed by atoms with Crippen LogP contribution >= 0.6 is 0 Å². The number of nitrogens with zero attached hydrogens (tertiary/aromatic N) is 1. The normalized spacial score (nSPS) is 38.9. The molecule has 0 bridgehead atoms. The molecule has 0 aliphatic heterocycles. The van der Waals surface area contributed by atoms with E-state index in [1.807, 2.05) is 6.92 Å². The molecule has 0 aromatic rings. The fourth-order valence-corrected chi connectivity index (χ4v) is 2.54. The molecule has 0 heterocycles. The molecule has 2 aliphatic rings. The molecule has 0 spiro atoms. The molecule has 2 heteroatoms. The molecule has 13 heavy (non-hydrogen) atoms. The second-order valence-corrected chi connectivity index (χ2v) is 4.64. The van der Waals surface area contributed by atoms with Gasteiger partial charge in [0.05, 0.1) is 12.0 Å². The molecule has 0 aromatic heterocycles. The minimum Gasteiger partial charge on any atom is -0.312 e. The minimum atomic E-state index is 0.166. The lowest BCUT2D eigenvalue weighted by atomic mass is 9.95. The second kappa shape index (κ2) is 3.67. The van der Waals surface area contributed by atoms with Crippen LogP contribution in [-0.4, -0.2) is 12.6 Å². The Morgan fingerprint density at radius 3 is 3.15 bits per heavy atom. The van der Waals surface area contributed by atoms with Gasteiger partial charge in [-0.25, -0.2) is 0 Å². The molecule has 2 unspecified atom stereocenters. The fourth-order valence-electron chi connectivity index (χ4n) is 2.54. The molecule has 0 radical (unpaired) electrons. The number of hydrogen-bond donors (Lipinski definition) is 1. The van der Waals surface area contributed by atoms with Crippen LogP contribution in [0.25, 0.3) is 0 Å². The first-order chi connectivity index (χ1) is 6.31. The molecular weight excluding hydrogens is 160 g/mol. The van der Waals surface area contributed by atoms with Gasteiger partial charge >= 0.3 is 0 Å². The van der Waals surface area contributed by atoms with Gasteiger partial charge in [0, 0.05) is 12.6 Å². The van der Waals surface area contributed by atoms with Gasteiger partial charge in [-0.05, 0) is 31.6 Å². The first kappa shape index (κ1) is 9.02. The van der Waals surface area contributed by atoms with Gasteiger partial charge in [-0.3, -0.25) is 0 Å². The predicted molar refractivity (Wildman–Crippen MR) is 52.0 cm³/mol. The zero-order valence-electron chi connectivity index (χ0n) is 8.29. The van der Waals surface area contributed by atoms with Crippen molar-refractivity contribution < 1.29 is 0 Å². The topological polar surface area (TPSA) is 35.8 Å². The van der Waals surface area contributed by atoms with E-state index in [0.717, 1.165) is 24.4 Å². The van der Waals surface area contributed by atoms with Crippen LogP contribution in [0.5, 0.6) is 0 Å². The summed E-state index contributed by atoms with van der Waals surface area (Å²) < 4.78 is 0. The van der Waals surface area contributed by atoms with E-state index in [-0.39, 0.29) is 5.92 Å². The third kappa shape index (κ3) is 2.03. The molecule has 2 rings (SSSR count). The lowest BCUT2D eigenvalue weighted by Gasteiger charge is -2.23. The van der Waals surface area contributed by atoms with Crippen LogP contribution < -0.4 is 5.32 Å². The van der Waals surface area contributed by atoms with E-state index in [1.54, 1.807) is 0 Å². The highest BCUT2D eigenvalue weighted by Gasteiger charge is 2.44. The van der Waals surface area contributed by atoms with Crippen molar-refractivity contribution in [2.24, 2.45) is 17.8 Å². The van der Waals surface area contributed by atoms with Gasteiger partial charge in [-0.1, -0.05) is 12.8 Å². The van der Waals surface area contributed by atoms with Crippen LogP contribution in [0.4, 0.5) is 0 Å². The van der Waals surface area contributed by atoms with Crippen molar-refractivity contribution in [3.8, 4) is 6.07 Å². The average Bonchev–Trinajstić information content (AvgIpc) is 2.92. The Hall–Kier alpha value is -0.550. The van der Waals surface area contributed by atoms with Gasteiger partial charge in [0.25, 0.3) is 0 Å². The third-order valence-electron chi connectivity index (χ3n) is 3.49. The van der Waals surface area contributed by atoms with Gasteiger partial charge in [-0.2, -0.15) is 5.26 Å². The summed E-state index contributed by atoms with van der Waals surface area (Å²) in [6, 6.07) is 3.00. The average molecular weight is 178 g/mol. The molecule has 2 saturated carbocycles. The van der Waals surface area contributed by atoms with Gasteiger partial charge in [0.15, 0.2) is 0 Å². The smallest absolute Gasteiger partial charge is 0.0666 e. The van der Waals surface area contributed by atoms with Crippen molar-refractivity contribution in [1.82, 2.24) is 5.32 Å². The minimum absolute atomic E-state index is 0.166. The lowest BCUT2D eigenvalue weighted by Crippen LogP contribution is -2.36. The van der Waals surface area contributed by atoms with Crippen LogP contribution in [0.3, 0.4) is 0 Å². The van der Waals surface area contributed by atoms with Crippen LogP contribution in [0.1, 0.15) is 32.6 Å². The molecule has 4 atom stereocenters. The maximum Gasteiger partial charge on any atom is 0.0666 e. The first-order valence-electron chi connectivity index (χ1n) is 5.44. The predicted octanol–water partition coefficient (Wildman–Crippen LogP) is 1.92. The number of nitriles is 1. The summed E-state index contributed by atoms with van der Waals surface area (Å²) in [5, 5.41) is 12.2. The molecule has 2 aliphatic carbocycles. The zero-order chi connectivity index (χ0) is 9.26. The number of fused-ring (bicyclic) bond motifs is 1. The van der Waals surface area contributed by atoms with E-state index >= 15 is 0 Å². The Morgan fingerprint density at radius 1 is 1.54 bits per heavy atom. The van der Waals surface area contributed by atoms with E-state index in [2.05, 4.69) is 11.4 Å². The maximum absolute atomic E-state index is 8.65. The SMILES string of the molecule is CC(C#N)CNC1CCC[C@@H]2C[C@H]12. The zero-order valence-corrected chi connectivity index (χ0v) is 8.29. The number of nitrogens with one attached hydrogen (secondary N) is 1. The highest BCUT2D eigenvalue weighted by atomic mass is 14.9. The van der Waals surface area contributed by atoms with E-state index in [4.69, 9.17) is 5.26 Å². The summed E-state index contributed by atoms with van der Waals surface area (Å²) in [7, 11) is 0. The van der Waals surface area contributed by atoms with E-state index in [0.29, 0.717) is 0 Å². The molecule has 0 saturated heterocycles. The monoisotopic (exact) mass is 178 g/mol. The summed E-state index contributed by atoms with van der Waals surface area (Å²) in [5.41, 5.74) is 0.